The number of amides is 4. The smallest absolute Gasteiger partial charge is 0.319 e. The molecule has 2 fully saturated rings. The van der Waals surface area contributed by atoms with Gasteiger partial charge in [0.2, 0.25) is 5.91 Å². The van der Waals surface area contributed by atoms with E-state index >= 15 is 0 Å². The first-order valence-electron chi connectivity index (χ1n) is 10.5. The van der Waals surface area contributed by atoms with Crippen molar-refractivity contribution in [1.82, 2.24) is 15.1 Å². The highest BCUT2D eigenvalue weighted by Gasteiger charge is 2.29. The molecule has 0 unspecified atom stereocenters. The predicted octanol–water partition coefficient (Wildman–Crippen LogP) is 3.67. The van der Waals surface area contributed by atoms with Crippen molar-refractivity contribution < 1.29 is 14.4 Å². The summed E-state index contributed by atoms with van der Waals surface area (Å²) in [5.41, 5.74) is 2.84. The summed E-state index contributed by atoms with van der Waals surface area (Å²) >= 11 is 1.03. The van der Waals surface area contributed by atoms with Crippen LogP contribution in [-0.2, 0) is 17.9 Å². The first-order chi connectivity index (χ1) is 15.1. The van der Waals surface area contributed by atoms with E-state index in [2.05, 4.69) is 39.8 Å². The summed E-state index contributed by atoms with van der Waals surface area (Å²) in [5.74, 6) is 0.0514. The minimum atomic E-state index is -0.212. The van der Waals surface area contributed by atoms with Crippen molar-refractivity contribution in [2.75, 3.05) is 24.2 Å². The van der Waals surface area contributed by atoms with Crippen LogP contribution in [-0.4, -0.2) is 51.9 Å². The Morgan fingerprint density at radius 1 is 0.935 bits per heavy atom. The Hall–Kier alpha value is -2.84. The van der Waals surface area contributed by atoms with Crippen LogP contribution in [0.25, 0.3) is 0 Å². The zero-order valence-corrected chi connectivity index (χ0v) is 18.1. The highest BCUT2D eigenvalue weighted by Crippen LogP contribution is 2.22. The van der Waals surface area contributed by atoms with Crippen LogP contribution in [0.1, 0.15) is 24.0 Å². The number of anilines is 1. The van der Waals surface area contributed by atoms with Crippen LogP contribution in [0.15, 0.2) is 54.6 Å². The Morgan fingerprint density at radius 3 is 2.26 bits per heavy atom. The molecule has 0 spiro atoms. The van der Waals surface area contributed by atoms with E-state index in [1.165, 1.54) is 10.5 Å². The molecule has 2 N–H and O–H groups in total. The number of hydrogen-bond acceptors (Lipinski definition) is 5. The third-order valence-electron chi connectivity index (χ3n) is 5.56. The molecule has 4 rings (SSSR count). The number of piperidine rings is 1. The van der Waals surface area contributed by atoms with Gasteiger partial charge in [-0.15, -0.1) is 0 Å². The molecule has 0 radical (unpaired) electrons. The molecule has 2 aliphatic heterocycles. The van der Waals surface area contributed by atoms with Gasteiger partial charge in [0.15, 0.2) is 0 Å². The summed E-state index contributed by atoms with van der Waals surface area (Å²) in [7, 11) is 0. The van der Waals surface area contributed by atoms with Crippen LogP contribution in [0.3, 0.4) is 0 Å². The normalized spacial score (nSPS) is 17.7. The molecule has 162 valence electrons. The van der Waals surface area contributed by atoms with Crippen LogP contribution < -0.4 is 10.6 Å². The van der Waals surface area contributed by atoms with Crippen LogP contribution in [0.4, 0.5) is 15.3 Å². The lowest BCUT2D eigenvalue weighted by molar-refractivity contribution is -0.125. The van der Waals surface area contributed by atoms with E-state index in [0.717, 1.165) is 49.8 Å². The average molecular weight is 439 g/mol. The number of rotatable bonds is 6. The van der Waals surface area contributed by atoms with Gasteiger partial charge in [-0.3, -0.25) is 19.4 Å². The van der Waals surface area contributed by atoms with Gasteiger partial charge < -0.3 is 10.6 Å². The fourth-order valence-electron chi connectivity index (χ4n) is 3.84. The number of benzene rings is 2. The molecule has 2 aliphatic rings. The van der Waals surface area contributed by atoms with E-state index in [0.29, 0.717) is 5.69 Å². The molecule has 0 bridgehead atoms. The summed E-state index contributed by atoms with van der Waals surface area (Å²) in [6, 6.07) is 17.6. The van der Waals surface area contributed by atoms with Gasteiger partial charge in [-0.1, -0.05) is 54.2 Å². The van der Waals surface area contributed by atoms with Gasteiger partial charge in [0, 0.05) is 31.4 Å². The van der Waals surface area contributed by atoms with E-state index in [9.17, 15) is 14.4 Å². The fourth-order valence-corrected chi connectivity index (χ4v) is 4.56. The molecule has 0 atom stereocenters. The van der Waals surface area contributed by atoms with Crippen LogP contribution in [0.2, 0.25) is 0 Å². The first kappa shape index (κ1) is 21.4. The third kappa shape index (κ3) is 5.86. The quantitative estimate of drug-likeness (QED) is 0.719. The summed E-state index contributed by atoms with van der Waals surface area (Å²) in [4.78, 5) is 39.5. The number of thioether (sulfide) groups is 1. The molecular formula is C23H26N4O3S. The first-order valence-corrected chi connectivity index (χ1v) is 11.5. The predicted molar refractivity (Wildman–Crippen MR) is 122 cm³/mol. The molecular weight excluding hydrogens is 412 g/mol. The van der Waals surface area contributed by atoms with Gasteiger partial charge in [-0.2, -0.15) is 0 Å². The maximum atomic E-state index is 12.4. The second-order valence-electron chi connectivity index (χ2n) is 7.87. The van der Waals surface area contributed by atoms with Crippen molar-refractivity contribution in [2.24, 2.45) is 0 Å². The molecule has 2 aromatic rings. The fraction of sp³-hybridized carbons (Fsp3) is 0.348. The maximum absolute atomic E-state index is 12.4. The van der Waals surface area contributed by atoms with Crippen molar-refractivity contribution in [3.05, 3.63) is 65.7 Å². The third-order valence-corrected chi connectivity index (χ3v) is 6.42. The number of carbonyl (C=O) groups excluding carboxylic acids is 3. The van der Waals surface area contributed by atoms with Gasteiger partial charge in [0.25, 0.3) is 5.24 Å². The maximum Gasteiger partial charge on any atom is 0.319 e. The Kier molecular flexibility index (Phi) is 6.89. The molecule has 7 nitrogen and oxygen atoms in total. The number of nitrogens with zero attached hydrogens (tertiary/aromatic N) is 2. The second kappa shape index (κ2) is 9.98. The second-order valence-corrected chi connectivity index (χ2v) is 8.79. The number of carbonyl (C=O) groups is 3. The minimum absolute atomic E-state index is 0.161. The number of imide groups is 1. The molecule has 0 aliphatic carbocycles. The molecule has 2 heterocycles. The SMILES string of the molecule is O=C(Nc1ccc(CN2C(=O)CSC2=O)cc1)NC1CCN(Cc2ccccc2)CC1. The van der Waals surface area contributed by atoms with Crippen molar-refractivity contribution in [2.45, 2.75) is 32.0 Å². The summed E-state index contributed by atoms with van der Waals surface area (Å²) < 4.78 is 0. The van der Waals surface area contributed by atoms with Gasteiger partial charge in [0.1, 0.15) is 0 Å². The summed E-state index contributed by atoms with van der Waals surface area (Å²) in [5, 5.41) is 5.72. The summed E-state index contributed by atoms with van der Waals surface area (Å²) in [6.45, 7) is 3.12. The van der Waals surface area contributed by atoms with Crippen molar-refractivity contribution in [3.63, 3.8) is 0 Å². The number of likely N-dealkylation sites (tertiary alicyclic amines) is 1. The molecule has 8 heteroatoms. The van der Waals surface area contributed by atoms with Gasteiger partial charge in [-0.25, -0.2) is 4.79 Å². The standard InChI is InChI=1S/C23H26N4O3S/c28-21-16-31-23(30)27(21)15-18-6-8-19(9-7-18)24-22(29)25-20-10-12-26(13-11-20)14-17-4-2-1-3-5-17/h1-9,20H,10-16H2,(H2,24,25,29). The zero-order chi connectivity index (χ0) is 21.6. The van der Waals surface area contributed by atoms with E-state index < -0.39 is 0 Å². The summed E-state index contributed by atoms with van der Waals surface area (Å²) in [6.07, 6.45) is 1.85. The molecule has 31 heavy (non-hydrogen) atoms. The van der Waals surface area contributed by atoms with Crippen molar-refractivity contribution in [3.8, 4) is 0 Å². The number of hydrogen-bond donors (Lipinski definition) is 2. The lowest BCUT2D eigenvalue weighted by Gasteiger charge is -2.32. The number of urea groups is 1. The largest absolute Gasteiger partial charge is 0.335 e. The Balaban J connectivity index is 1.20. The lowest BCUT2D eigenvalue weighted by Crippen LogP contribution is -2.45. The lowest BCUT2D eigenvalue weighted by atomic mass is 10.0. The highest BCUT2D eigenvalue weighted by atomic mass is 32.2. The Bertz CT molecular complexity index is 912. The van der Waals surface area contributed by atoms with E-state index in [1.54, 1.807) is 12.1 Å². The molecule has 2 aromatic carbocycles. The molecule has 0 saturated carbocycles. The molecule has 2 saturated heterocycles. The number of nitrogens with one attached hydrogen (secondary N) is 2. The Morgan fingerprint density at radius 2 is 1.61 bits per heavy atom. The Labute approximate surface area is 186 Å². The van der Waals surface area contributed by atoms with Crippen LogP contribution in [0.5, 0.6) is 0 Å². The van der Waals surface area contributed by atoms with Gasteiger partial charge in [-0.05, 0) is 36.1 Å². The highest BCUT2D eigenvalue weighted by molar-refractivity contribution is 8.14. The molecule has 4 amide bonds. The van der Waals surface area contributed by atoms with Crippen LogP contribution >= 0.6 is 11.8 Å². The monoisotopic (exact) mass is 438 g/mol. The zero-order valence-electron chi connectivity index (χ0n) is 17.3. The minimum Gasteiger partial charge on any atom is -0.335 e. The van der Waals surface area contributed by atoms with Crippen molar-refractivity contribution >= 4 is 34.6 Å². The van der Waals surface area contributed by atoms with E-state index in [1.807, 2.05) is 18.2 Å². The van der Waals surface area contributed by atoms with E-state index in [4.69, 9.17) is 0 Å². The van der Waals surface area contributed by atoms with E-state index in [-0.39, 0.29) is 35.5 Å². The molecule has 0 aromatic heterocycles. The average Bonchev–Trinajstić information content (AvgIpc) is 3.09. The van der Waals surface area contributed by atoms with Crippen LogP contribution in [0, 0.1) is 0 Å². The van der Waals surface area contributed by atoms with Crippen molar-refractivity contribution in [1.29, 1.82) is 0 Å². The van der Waals surface area contributed by atoms with Gasteiger partial charge in [0.05, 0.1) is 12.3 Å². The van der Waals surface area contributed by atoms with Gasteiger partial charge >= 0.3 is 6.03 Å². The topological polar surface area (TPSA) is 81.8 Å².